The highest BCUT2D eigenvalue weighted by Crippen LogP contribution is 2.30. The SMILES string of the molecule is OCc1c(C(F)F)nn(-c2cccc(Cl)c2)c1Cl. The standard InChI is InChI=1S/C11H8Cl2F2N2O/c12-6-2-1-3-7(4-6)17-10(13)8(5-18)9(16-17)11(14)15/h1-4,11,18H,5H2. The van der Waals surface area contributed by atoms with Crippen LogP contribution in [-0.4, -0.2) is 14.9 Å². The lowest BCUT2D eigenvalue weighted by Gasteiger charge is -2.03. The topological polar surface area (TPSA) is 38.1 Å². The second-order valence-corrected chi connectivity index (χ2v) is 4.30. The number of aliphatic hydroxyl groups excluding tert-OH is 1. The highest BCUT2D eigenvalue weighted by molar-refractivity contribution is 6.31. The largest absolute Gasteiger partial charge is 0.391 e. The van der Waals surface area contributed by atoms with Crippen LogP contribution in [0.2, 0.25) is 10.2 Å². The van der Waals surface area contributed by atoms with Crippen molar-refractivity contribution in [2.45, 2.75) is 13.0 Å². The summed E-state index contributed by atoms with van der Waals surface area (Å²) in [5.74, 6) is 0. The molecule has 1 heterocycles. The van der Waals surface area contributed by atoms with E-state index in [1.54, 1.807) is 18.2 Å². The Labute approximate surface area is 112 Å². The molecule has 2 aromatic rings. The Kier molecular flexibility index (Phi) is 3.85. The van der Waals surface area contributed by atoms with Crippen molar-refractivity contribution in [1.29, 1.82) is 0 Å². The van der Waals surface area contributed by atoms with Gasteiger partial charge in [0.25, 0.3) is 6.43 Å². The lowest BCUT2D eigenvalue weighted by Crippen LogP contribution is -1.97. The highest BCUT2D eigenvalue weighted by atomic mass is 35.5. The Morgan fingerprint density at radius 2 is 2.06 bits per heavy atom. The molecule has 0 spiro atoms. The van der Waals surface area contributed by atoms with Crippen molar-refractivity contribution in [3.63, 3.8) is 0 Å². The fourth-order valence-corrected chi connectivity index (χ4v) is 2.02. The van der Waals surface area contributed by atoms with Crippen molar-refractivity contribution in [1.82, 2.24) is 9.78 Å². The first-order chi connectivity index (χ1) is 8.54. The molecule has 0 fully saturated rings. The molecule has 0 saturated heterocycles. The number of rotatable bonds is 3. The minimum atomic E-state index is -2.80. The molecule has 0 saturated carbocycles. The third-order valence-corrected chi connectivity index (χ3v) is 2.99. The van der Waals surface area contributed by atoms with E-state index in [1.165, 1.54) is 6.07 Å². The second kappa shape index (κ2) is 5.22. The van der Waals surface area contributed by atoms with Crippen molar-refractivity contribution < 1.29 is 13.9 Å². The fraction of sp³-hybridized carbons (Fsp3) is 0.182. The van der Waals surface area contributed by atoms with Gasteiger partial charge in [0.1, 0.15) is 10.8 Å². The van der Waals surface area contributed by atoms with Gasteiger partial charge in [-0.25, -0.2) is 13.5 Å². The van der Waals surface area contributed by atoms with Crippen molar-refractivity contribution in [3.05, 3.63) is 45.7 Å². The molecule has 18 heavy (non-hydrogen) atoms. The number of nitrogens with zero attached hydrogens (tertiary/aromatic N) is 2. The first kappa shape index (κ1) is 13.3. The van der Waals surface area contributed by atoms with Crippen LogP contribution in [0, 0.1) is 0 Å². The monoisotopic (exact) mass is 292 g/mol. The summed E-state index contributed by atoms with van der Waals surface area (Å²) in [6.45, 7) is -0.598. The number of hydrogen-bond acceptors (Lipinski definition) is 2. The molecule has 3 nitrogen and oxygen atoms in total. The van der Waals surface area contributed by atoms with E-state index >= 15 is 0 Å². The zero-order valence-electron chi connectivity index (χ0n) is 8.95. The molecule has 0 atom stereocenters. The first-order valence-corrected chi connectivity index (χ1v) is 5.72. The van der Waals surface area contributed by atoms with Gasteiger partial charge in [0.05, 0.1) is 12.3 Å². The second-order valence-electron chi connectivity index (χ2n) is 3.51. The minimum absolute atomic E-state index is 0.0462. The van der Waals surface area contributed by atoms with Crippen LogP contribution in [0.1, 0.15) is 17.7 Å². The summed E-state index contributed by atoms with van der Waals surface area (Å²) in [5, 5.41) is 13.2. The van der Waals surface area contributed by atoms with Gasteiger partial charge in [-0.2, -0.15) is 5.10 Å². The number of hydrogen-bond donors (Lipinski definition) is 1. The average Bonchev–Trinajstić information content (AvgIpc) is 2.66. The molecule has 0 bridgehead atoms. The molecule has 1 aromatic heterocycles. The average molecular weight is 293 g/mol. The molecule has 0 aliphatic rings. The van der Waals surface area contributed by atoms with Gasteiger partial charge in [-0.05, 0) is 18.2 Å². The molecule has 1 N–H and O–H groups in total. The van der Waals surface area contributed by atoms with Crippen molar-refractivity contribution >= 4 is 23.2 Å². The molecule has 0 unspecified atom stereocenters. The Hall–Kier alpha value is -1.17. The van der Waals surface area contributed by atoms with E-state index in [4.69, 9.17) is 28.3 Å². The van der Waals surface area contributed by atoms with Crippen LogP contribution in [0.15, 0.2) is 24.3 Å². The molecule has 0 aliphatic heterocycles. The van der Waals surface area contributed by atoms with E-state index in [0.29, 0.717) is 10.7 Å². The van der Waals surface area contributed by atoms with Gasteiger partial charge in [0.15, 0.2) is 0 Å². The minimum Gasteiger partial charge on any atom is -0.391 e. The van der Waals surface area contributed by atoms with Crippen LogP contribution in [0.5, 0.6) is 0 Å². The van der Waals surface area contributed by atoms with Crippen LogP contribution in [-0.2, 0) is 6.61 Å². The van der Waals surface area contributed by atoms with Gasteiger partial charge in [-0.3, -0.25) is 0 Å². The Morgan fingerprint density at radius 1 is 1.33 bits per heavy atom. The molecule has 2 rings (SSSR count). The van der Waals surface area contributed by atoms with Gasteiger partial charge in [0.2, 0.25) is 0 Å². The summed E-state index contributed by atoms with van der Waals surface area (Å²) < 4.78 is 26.6. The van der Waals surface area contributed by atoms with Gasteiger partial charge >= 0.3 is 0 Å². The molecule has 96 valence electrons. The maximum Gasteiger partial charge on any atom is 0.282 e. The smallest absolute Gasteiger partial charge is 0.282 e. The molecule has 0 aliphatic carbocycles. The van der Waals surface area contributed by atoms with Crippen molar-refractivity contribution in [3.8, 4) is 5.69 Å². The van der Waals surface area contributed by atoms with Gasteiger partial charge in [0, 0.05) is 10.6 Å². The van der Waals surface area contributed by atoms with Gasteiger partial charge < -0.3 is 5.11 Å². The number of benzene rings is 1. The number of aromatic nitrogens is 2. The Balaban J connectivity index is 2.59. The number of alkyl halides is 2. The Bertz CT molecular complexity index is 572. The zero-order chi connectivity index (χ0) is 13.3. The van der Waals surface area contributed by atoms with Gasteiger partial charge in [-0.1, -0.05) is 29.3 Å². The maximum atomic E-state index is 12.7. The summed E-state index contributed by atoms with van der Waals surface area (Å²) in [4.78, 5) is 0. The quantitative estimate of drug-likeness (QED) is 0.938. The summed E-state index contributed by atoms with van der Waals surface area (Å²) in [6.07, 6.45) is -2.80. The molecule has 1 aromatic carbocycles. The van der Waals surface area contributed by atoms with E-state index in [-0.39, 0.29) is 10.7 Å². The normalized spacial score (nSPS) is 11.2. The van der Waals surface area contributed by atoms with Crippen molar-refractivity contribution in [2.75, 3.05) is 0 Å². The summed E-state index contributed by atoms with van der Waals surface area (Å²) >= 11 is 11.7. The summed E-state index contributed by atoms with van der Waals surface area (Å²) in [7, 11) is 0. The lowest BCUT2D eigenvalue weighted by molar-refractivity contribution is 0.141. The third-order valence-electron chi connectivity index (χ3n) is 2.37. The number of aliphatic hydroxyl groups is 1. The zero-order valence-corrected chi connectivity index (χ0v) is 10.5. The van der Waals surface area contributed by atoms with E-state index in [0.717, 1.165) is 4.68 Å². The predicted molar refractivity (Wildman–Crippen MR) is 64.5 cm³/mol. The summed E-state index contributed by atoms with van der Waals surface area (Å²) in [5.41, 5.74) is -0.150. The molecule has 0 amide bonds. The Morgan fingerprint density at radius 3 is 2.56 bits per heavy atom. The predicted octanol–water partition coefficient (Wildman–Crippen LogP) is 3.61. The van der Waals surface area contributed by atoms with E-state index < -0.39 is 18.7 Å². The van der Waals surface area contributed by atoms with Crippen molar-refractivity contribution in [2.24, 2.45) is 0 Å². The molecular formula is C11H8Cl2F2N2O. The van der Waals surface area contributed by atoms with Crippen LogP contribution >= 0.6 is 23.2 Å². The van der Waals surface area contributed by atoms with Gasteiger partial charge in [-0.15, -0.1) is 0 Å². The maximum absolute atomic E-state index is 12.7. The van der Waals surface area contributed by atoms with Crippen LogP contribution < -0.4 is 0 Å². The lowest BCUT2D eigenvalue weighted by atomic mass is 10.2. The number of halogens is 4. The van der Waals surface area contributed by atoms with E-state index in [2.05, 4.69) is 5.10 Å². The van der Waals surface area contributed by atoms with Crippen LogP contribution in [0.3, 0.4) is 0 Å². The molecule has 0 radical (unpaired) electrons. The fourth-order valence-electron chi connectivity index (χ4n) is 1.55. The third kappa shape index (κ3) is 2.34. The van der Waals surface area contributed by atoms with Crippen LogP contribution in [0.4, 0.5) is 8.78 Å². The van der Waals surface area contributed by atoms with E-state index in [9.17, 15) is 8.78 Å². The molecular weight excluding hydrogens is 285 g/mol. The summed E-state index contributed by atoms with van der Waals surface area (Å²) in [6, 6.07) is 6.46. The van der Waals surface area contributed by atoms with E-state index in [1.807, 2.05) is 0 Å². The first-order valence-electron chi connectivity index (χ1n) is 4.97. The van der Waals surface area contributed by atoms with Crippen LogP contribution in [0.25, 0.3) is 5.69 Å². The highest BCUT2D eigenvalue weighted by Gasteiger charge is 2.23. The molecule has 7 heteroatoms.